The minimum atomic E-state index is -0.881. The highest BCUT2D eigenvalue weighted by atomic mass is 16.5. The maximum atomic E-state index is 12.5. The zero-order chi connectivity index (χ0) is 17.5. The smallest absolute Gasteiger partial charge is 0.311 e. The fraction of sp³-hybridized carbons (Fsp3) is 0.688. The van der Waals surface area contributed by atoms with Crippen LogP contribution in [-0.2, 0) is 21.4 Å². The number of aromatic nitrogens is 2. The minimum Gasteiger partial charge on any atom is -0.481 e. The average Bonchev–Trinajstić information content (AvgIpc) is 3.05. The quantitative estimate of drug-likeness (QED) is 0.853. The summed E-state index contributed by atoms with van der Waals surface area (Å²) in [5, 5.41) is 13.9. The molecule has 1 amide bonds. The number of rotatable bonds is 4. The van der Waals surface area contributed by atoms with Gasteiger partial charge in [-0.1, -0.05) is 0 Å². The standard InChI is InChI=1S/C16H23N3O5/c1-10-14(11(2)18(3)17-10)24-8-13(20)19-6-12-7-23-5-4-16(12,9-19)15(21)22/h12H,4-9H2,1-3H3,(H,21,22)/t12-,16+/m0/s1. The molecule has 2 saturated heterocycles. The van der Waals surface area contributed by atoms with Crippen LogP contribution in [0.2, 0.25) is 0 Å². The van der Waals surface area contributed by atoms with Crippen molar-refractivity contribution in [1.29, 1.82) is 0 Å². The van der Waals surface area contributed by atoms with E-state index in [2.05, 4.69) is 5.10 Å². The van der Waals surface area contributed by atoms with Crippen molar-refractivity contribution < 1.29 is 24.2 Å². The molecule has 3 rings (SSSR count). The van der Waals surface area contributed by atoms with Gasteiger partial charge in [0.15, 0.2) is 12.4 Å². The summed E-state index contributed by atoms with van der Waals surface area (Å²) in [6, 6.07) is 0. The van der Waals surface area contributed by atoms with Gasteiger partial charge >= 0.3 is 5.97 Å². The van der Waals surface area contributed by atoms with E-state index < -0.39 is 11.4 Å². The molecule has 1 N–H and O–H groups in total. The summed E-state index contributed by atoms with van der Waals surface area (Å²) >= 11 is 0. The van der Waals surface area contributed by atoms with Crippen LogP contribution in [-0.4, -0.2) is 64.6 Å². The zero-order valence-electron chi connectivity index (χ0n) is 14.2. The molecule has 1 aromatic rings. The third-order valence-electron chi connectivity index (χ3n) is 5.27. The van der Waals surface area contributed by atoms with Gasteiger partial charge in [-0.2, -0.15) is 5.10 Å². The Labute approximate surface area is 140 Å². The van der Waals surface area contributed by atoms with E-state index >= 15 is 0 Å². The molecule has 0 spiro atoms. The molecular formula is C16H23N3O5. The number of carboxylic acid groups (broad SMARTS) is 1. The lowest BCUT2D eigenvalue weighted by atomic mass is 9.74. The molecule has 1 aromatic heterocycles. The van der Waals surface area contributed by atoms with Crippen molar-refractivity contribution >= 4 is 11.9 Å². The lowest BCUT2D eigenvalue weighted by molar-refractivity contribution is -0.157. The zero-order valence-corrected chi connectivity index (χ0v) is 14.2. The molecule has 132 valence electrons. The van der Waals surface area contributed by atoms with E-state index in [0.717, 1.165) is 11.4 Å². The summed E-state index contributed by atoms with van der Waals surface area (Å²) in [5.41, 5.74) is 0.702. The van der Waals surface area contributed by atoms with Crippen molar-refractivity contribution in [2.24, 2.45) is 18.4 Å². The molecule has 0 aromatic carbocycles. The Bertz CT molecular complexity index is 671. The van der Waals surface area contributed by atoms with Gasteiger partial charge in [0.1, 0.15) is 5.69 Å². The van der Waals surface area contributed by atoms with Crippen molar-refractivity contribution in [3.05, 3.63) is 11.4 Å². The van der Waals surface area contributed by atoms with Crippen LogP contribution in [0.25, 0.3) is 0 Å². The Balaban J connectivity index is 1.67. The topological polar surface area (TPSA) is 93.9 Å². The van der Waals surface area contributed by atoms with Crippen LogP contribution in [0.5, 0.6) is 5.75 Å². The largest absolute Gasteiger partial charge is 0.481 e. The lowest BCUT2D eigenvalue weighted by Crippen LogP contribution is -2.45. The predicted molar refractivity (Wildman–Crippen MR) is 83.8 cm³/mol. The van der Waals surface area contributed by atoms with E-state index in [9.17, 15) is 14.7 Å². The molecule has 0 aliphatic carbocycles. The van der Waals surface area contributed by atoms with Crippen molar-refractivity contribution in [3.63, 3.8) is 0 Å². The Hall–Kier alpha value is -2.09. The average molecular weight is 337 g/mol. The summed E-state index contributed by atoms with van der Waals surface area (Å²) in [6.07, 6.45) is 0.443. The van der Waals surface area contributed by atoms with Gasteiger partial charge in [0, 0.05) is 32.7 Å². The summed E-state index contributed by atoms with van der Waals surface area (Å²) in [7, 11) is 1.82. The second-order valence-corrected chi connectivity index (χ2v) is 6.67. The normalized spacial score (nSPS) is 26.3. The number of aliphatic carboxylic acids is 1. The minimum absolute atomic E-state index is 0.114. The molecule has 0 radical (unpaired) electrons. The Morgan fingerprint density at radius 3 is 2.79 bits per heavy atom. The molecule has 0 saturated carbocycles. The molecule has 0 bridgehead atoms. The van der Waals surface area contributed by atoms with E-state index in [4.69, 9.17) is 9.47 Å². The lowest BCUT2D eigenvalue weighted by Gasteiger charge is -2.33. The molecule has 2 aliphatic rings. The fourth-order valence-electron chi connectivity index (χ4n) is 3.68. The van der Waals surface area contributed by atoms with Gasteiger partial charge in [-0.3, -0.25) is 14.3 Å². The molecule has 0 unspecified atom stereocenters. The summed E-state index contributed by atoms with van der Waals surface area (Å²) in [5.74, 6) is -0.591. The van der Waals surface area contributed by atoms with E-state index in [1.54, 1.807) is 9.58 Å². The first kappa shape index (κ1) is 16.8. The third kappa shape index (κ3) is 2.64. The molecule has 24 heavy (non-hydrogen) atoms. The highest BCUT2D eigenvalue weighted by Gasteiger charge is 2.54. The first-order valence-electron chi connectivity index (χ1n) is 8.07. The molecule has 2 fully saturated rings. The number of nitrogens with zero attached hydrogens (tertiary/aromatic N) is 3. The van der Waals surface area contributed by atoms with Gasteiger partial charge in [0.25, 0.3) is 5.91 Å². The summed E-state index contributed by atoms with van der Waals surface area (Å²) in [4.78, 5) is 25.8. The number of ether oxygens (including phenoxy) is 2. The number of likely N-dealkylation sites (tertiary alicyclic amines) is 1. The Morgan fingerprint density at radius 2 is 2.21 bits per heavy atom. The Morgan fingerprint density at radius 1 is 1.46 bits per heavy atom. The summed E-state index contributed by atoms with van der Waals surface area (Å²) in [6.45, 7) is 5.03. The van der Waals surface area contributed by atoms with Crippen LogP contribution in [0, 0.1) is 25.2 Å². The van der Waals surface area contributed by atoms with Crippen molar-refractivity contribution in [2.75, 3.05) is 32.9 Å². The molecular weight excluding hydrogens is 314 g/mol. The van der Waals surface area contributed by atoms with E-state index in [0.29, 0.717) is 31.9 Å². The predicted octanol–water partition coefficient (Wildman–Crippen LogP) is 0.365. The monoisotopic (exact) mass is 337 g/mol. The van der Waals surface area contributed by atoms with E-state index in [1.165, 1.54) is 0 Å². The van der Waals surface area contributed by atoms with Gasteiger partial charge in [-0.05, 0) is 20.3 Å². The second kappa shape index (κ2) is 6.08. The fourth-order valence-corrected chi connectivity index (χ4v) is 3.68. The SMILES string of the molecule is Cc1nn(C)c(C)c1OCC(=O)N1C[C@H]2COCC[C@@]2(C(=O)O)C1. The molecule has 8 nitrogen and oxygen atoms in total. The van der Waals surface area contributed by atoms with Crippen LogP contribution in [0.15, 0.2) is 0 Å². The number of hydrogen-bond donors (Lipinski definition) is 1. The van der Waals surface area contributed by atoms with Crippen LogP contribution >= 0.6 is 0 Å². The van der Waals surface area contributed by atoms with E-state index in [1.807, 2.05) is 20.9 Å². The van der Waals surface area contributed by atoms with Crippen LogP contribution in [0.4, 0.5) is 0 Å². The maximum Gasteiger partial charge on any atom is 0.311 e. The number of carbonyl (C=O) groups excluding carboxylic acids is 1. The number of amides is 1. The van der Waals surface area contributed by atoms with Crippen molar-refractivity contribution in [1.82, 2.24) is 14.7 Å². The first-order valence-corrected chi connectivity index (χ1v) is 8.07. The van der Waals surface area contributed by atoms with Gasteiger partial charge in [0.2, 0.25) is 0 Å². The first-order chi connectivity index (χ1) is 11.3. The highest BCUT2D eigenvalue weighted by Crippen LogP contribution is 2.42. The summed E-state index contributed by atoms with van der Waals surface area (Å²) < 4.78 is 12.8. The molecule has 2 atom stereocenters. The van der Waals surface area contributed by atoms with Gasteiger partial charge < -0.3 is 19.5 Å². The number of carbonyl (C=O) groups is 2. The number of carboxylic acids is 1. The third-order valence-corrected chi connectivity index (χ3v) is 5.27. The van der Waals surface area contributed by atoms with Gasteiger partial charge in [0.05, 0.1) is 17.7 Å². The van der Waals surface area contributed by atoms with Crippen LogP contribution in [0.1, 0.15) is 17.8 Å². The van der Waals surface area contributed by atoms with Gasteiger partial charge in [-0.25, -0.2) is 0 Å². The number of fused-ring (bicyclic) bond motifs is 1. The molecule has 8 heteroatoms. The maximum absolute atomic E-state index is 12.5. The molecule has 3 heterocycles. The molecule has 2 aliphatic heterocycles. The number of hydrogen-bond acceptors (Lipinski definition) is 5. The van der Waals surface area contributed by atoms with Crippen LogP contribution in [0.3, 0.4) is 0 Å². The number of aryl methyl sites for hydroxylation is 2. The van der Waals surface area contributed by atoms with Gasteiger partial charge in [-0.15, -0.1) is 0 Å². The van der Waals surface area contributed by atoms with Crippen LogP contribution < -0.4 is 4.74 Å². The van der Waals surface area contributed by atoms with Crippen molar-refractivity contribution in [2.45, 2.75) is 20.3 Å². The van der Waals surface area contributed by atoms with Crippen molar-refractivity contribution in [3.8, 4) is 5.75 Å². The van der Waals surface area contributed by atoms with E-state index in [-0.39, 0.29) is 25.0 Å². The highest BCUT2D eigenvalue weighted by molar-refractivity contribution is 5.82. The Kier molecular flexibility index (Phi) is 4.25. The second-order valence-electron chi connectivity index (χ2n) is 6.67.